The molecule has 0 atom stereocenters. The summed E-state index contributed by atoms with van der Waals surface area (Å²) in [5.41, 5.74) is 5.48. The Morgan fingerprint density at radius 3 is 2.88 bits per heavy atom. The molecule has 0 unspecified atom stereocenters. The Hall–Kier alpha value is -4.18. The third-order valence-electron chi connectivity index (χ3n) is 5.50. The quantitative estimate of drug-likeness (QED) is 0.423. The van der Waals surface area contributed by atoms with E-state index in [9.17, 15) is 0 Å². The average molecular weight is 426 g/mol. The molecule has 0 bridgehead atoms. The first-order valence-electron chi connectivity index (χ1n) is 10.1. The van der Waals surface area contributed by atoms with Crippen molar-refractivity contribution in [3.63, 3.8) is 0 Å². The van der Waals surface area contributed by atoms with Gasteiger partial charge in [-0.3, -0.25) is 9.55 Å². The minimum Gasteiger partial charge on any atom is -0.377 e. The predicted octanol–water partition coefficient (Wildman–Crippen LogP) is 3.06. The number of aromatic nitrogens is 8. The highest BCUT2D eigenvalue weighted by atomic mass is 16.5. The van der Waals surface area contributed by atoms with Gasteiger partial charge in [-0.25, -0.2) is 4.98 Å². The maximum Gasteiger partial charge on any atom is 0.278 e. The first-order valence-corrected chi connectivity index (χ1v) is 10.1. The molecule has 10 heteroatoms. The Bertz CT molecular complexity index is 1430. The highest BCUT2D eigenvalue weighted by Gasteiger charge is 2.28. The third kappa shape index (κ3) is 2.84. The molecule has 0 N–H and O–H groups in total. The summed E-state index contributed by atoms with van der Waals surface area (Å²) < 4.78 is 14.9. The number of imidazole rings is 1. The molecule has 5 heterocycles. The van der Waals surface area contributed by atoms with Crippen molar-refractivity contribution in [1.82, 2.24) is 39.4 Å². The molecule has 0 fully saturated rings. The highest BCUT2D eigenvalue weighted by molar-refractivity contribution is 5.77. The summed E-state index contributed by atoms with van der Waals surface area (Å²) in [5.74, 6) is 2.42. The van der Waals surface area contributed by atoms with Gasteiger partial charge in [-0.05, 0) is 30.7 Å². The van der Waals surface area contributed by atoms with Crippen molar-refractivity contribution in [3.05, 3.63) is 66.4 Å². The molecule has 0 saturated carbocycles. The standard InChI is InChI=1S/C22H18N8O2/c1-13-25-22(32-28-13)20-18-10-29-19(11-31-2)26-27-21(29)16-8-14(15-4-3-7-23-9-15)5-6-17(16)30(18)12-24-20/h3-9,12H,10-11H2,1-2H3. The fraction of sp³-hybridized carbons (Fsp3) is 0.182. The lowest BCUT2D eigenvalue weighted by Gasteiger charge is -2.10. The second kappa shape index (κ2) is 7.20. The number of ether oxygens (including phenoxy) is 1. The van der Waals surface area contributed by atoms with Crippen LogP contribution in [0.4, 0.5) is 0 Å². The van der Waals surface area contributed by atoms with Gasteiger partial charge in [0.2, 0.25) is 0 Å². The zero-order valence-corrected chi connectivity index (χ0v) is 17.4. The smallest absolute Gasteiger partial charge is 0.278 e. The van der Waals surface area contributed by atoms with Gasteiger partial charge in [-0.2, -0.15) is 4.98 Å². The lowest BCUT2D eigenvalue weighted by atomic mass is 10.0. The fourth-order valence-electron chi connectivity index (χ4n) is 4.03. The van der Waals surface area contributed by atoms with Crippen LogP contribution in [-0.4, -0.2) is 46.5 Å². The summed E-state index contributed by atoms with van der Waals surface area (Å²) in [5, 5.41) is 12.8. The Labute approximate surface area is 182 Å². The van der Waals surface area contributed by atoms with Crippen LogP contribution < -0.4 is 0 Å². The van der Waals surface area contributed by atoms with Crippen LogP contribution in [0.15, 0.2) is 53.6 Å². The molecule has 1 aromatic carbocycles. The van der Waals surface area contributed by atoms with Gasteiger partial charge < -0.3 is 13.8 Å². The van der Waals surface area contributed by atoms with Crippen molar-refractivity contribution in [3.8, 4) is 39.8 Å². The number of nitrogens with zero attached hydrogens (tertiary/aromatic N) is 8. The van der Waals surface area contributed by atoms with Crippen molar-refractivity contribution in [2.75, 3.05) is 7.11 Å². The average Bonchev–Trinajstić information content (AvgIpc) is 3.52. The highest BCUT2D eigenvalue weighted by Crippen LogP contribution is 2.37. The molecule has 0 spiro atoms. The van der Waals surface area contributed by atoms with Gasteiger partial charge in [0.25, 0.3) is 5.89 Å². The van der Waals surface area contributed by atoms with Gasteiger partial charge in [0, 0.05) is 30.6 Å². The van der Waals surface area contributed by atoms with Gasteiger partial charge in [-0.1, -0.05) is 17.3 Å². The lowest BCUT2D eigenvalue weighted by molar-refractivity contribution is 0.174. The minimum atomic E-state index is 0.341. The summed E-state index contributed by atoms with van der Waals surface area (Å²) in [6, 6.07) is 10.2. The molecule has 6 rings (SSSR count). The second-order valence-corrected chi connectivity index (χ2v) is 7.49. The summed E-state index contributed by atoms with van der Waals surface area (Å²) in [7, 11) is 1.64. The van der Waals surface area contributed by atoms with Gasteiger partial charge in [0.1, 0.15) is 12.9 Å². The molecule has 10 nitrogen and oxygen atoms in total. The van der Waals surface area contributed by atoms with Crippen molar-refractivity contribution in [1.29, 1.82) is 0 Å². The van der Waals surface area contributed by atoms with E-state index in [2.05, 4.69) is 48.5 Å². The summed E-state index contributed by atoms with van der Waals surface area (Å²) in [6.07, 6.45) is 5.39. The maximum atomic E-state index is 5.42. The molecule has 158 valence electrons. The van der Waals surface area contributed by atoms with Gasteiger partial charge in [0.15, 0.2) is 23.2 Å². The topological polar surface area (TPSA) is 110 Å². The molecule has 0 aliphatic carbocycles. The number of methoxy groups -OCH3 is 1. The zero-order chi connectivity index (χ0) is 21.7. The number of benzene rings is 1. The maximum absolute atomic E-state index is 5.42. The Morgan fingerprint density at radius 2 is 2.09 bits per heavy atom. The van der Waals surface area contributed by atoms with Crippen molar-refractivity contribution in [2.24, 2.45) is 0 Å². The number of pyridine rings is 1. The SMILES string of the molecule is COCc1nnc2n1Cc1c(-c3nc(C)no3)ncn1-c1ccc(-c3cccnc3)cc1-2. The van der Waals surface area contributed by atoms with E-state index in [1.165, 1.54) is 0 Å². The number of hydrogen-bond acceptors (Lipinski definition) is 8. The normalized spacial score (nSPS) is 12.2. The van der Waals surface area contributed by atoms with Crippen LogP contribution in [0, 0.1) is 6.92 Å². The summed E-state index contributed by atoms with van der Waals surface area (Å²) in [6.45, 7) is 2.61. The van der Waals surface area contributed by atoms with Gasteiger partial charge in [0.05, 0.1) is 17.9 Å². The predicted molar refractivity (Wildman–Crippen MR) is 114 cm³/mol. The second-order valence-electron chi connectivity index (χ2n) is 7.49. The summed E-state index contributed by atoms with van der Waals surface area (Å²) >= 11 is 0. The first kappa shape index (κ1) is 18.6. The van der Waals surface area contributed by atoms with E-state index in [-0.39, 0.29) is 0 Å². The molecule has 0 amide bonds. The van der Waals surface area contributed by atoms with Crippen molar-refractivity contribution < 1.29 is 9.26 Å². The van der Waals surface area contributed by atoms with E-state index in [1.54, 1.807) is 26.6 Å². The van der Waals surface area contributed by atoms with Crippen molar-refractivity contribution in [2.45, 2.75) is 20.1 Å². The molecule has 4 aromatic heterocycles. The molecule has 0 radical (unpaired) electrons. The molecule has 0 saturated heterocycles. The van der Waals surface area contributed by atoms with E-state index in [4.69, 9.17) is 9.26 Å². The first-order chi connectivity index (χ1) is 15.7. The van der Waals surface area contributed by atoms with E-state index in [0.717, 1.165) is 39.7 Å². The zero-order valence-electron chi connectivity index (χ0n) is 17.4. The van der Waals surface area contributed by atoms with Crippen LogP contribution in [0.5, 0.6) is 0 Å². The summed E-state index contributed by atoms with van der Waals surface area (Å²) in [4.78, 5) is 13.2. The Kier molecular flexibility index (Phi) is 4.18. The molecule has 1 aliphatic heterocycles. The van der Waals surface area contributed by atoms with E-state index in [1.807, 2.05) is 27.5 Å². The van der Waals surface area contributed by atoms with E-state index < -0.39 is 0 Å². The van der Waals surface area contributed by atoms with Crippen LogP contribution in [0.1, 0.15) is 17.3 Å². The third-order valence-corrected chi connectivity index (χ3v) is 5.50. The largest absolute Gasteiger partial charge is 0.377 e. The number of hydrogen-bond donors (Lipinski definition) is 0. The molecule has 1 aliphatic rings. The number of rotatable bonds is 4. The van der Waals surface area contributed by atoms with Gasteiger partial charge in [-0.15, -0.1) is 10.2 Å². The van der Waals surface area contributed by atoms with Crippen LogP contribution in [0.25, 0.3) is 39.8 Å². The molecule has 32 heavy (non-hydrogen) atoms. The lowest BCUT2D eigenvalue weighted by Crippen LogP contribution is -2.09. The Morgan fingerprint density at radius 1 is 1.16 bits per heavy atom. The van der Waals surface area contributed by atoms with Gasteiger partial charge >= 0.3 is 0 Å². The van der Waals surface area contributed by atoms with E-state index in [0.29, 0.717) is 30.6 Å². The monoisotopic (exact) mass is 426 g/mol. The minimum absolute atomic E-state index is 0.341. The Balaban J connectivity index is 1.60. The fourth-order valence-corrected chi connectivity index (χ4v) is 4.03. The molecule has 5 aromatic rings. The molecular weight excluding hydrogens is 408 g/mol. The van der Waals surface area contributed by atoms with Crippen molar-refractivity contribution >= 4 is 0 Å². The molecular formula is C22H18N8O2. The van der Waals surface area contributed by atoms with E-state index >= 15 is 0 Å². The number of fused-ring (bicyclic) bond motifs is 5. The van der Waals surface area contributed by atoms with Crippen LogP contribution in [-0.2, 0) is 17.9 Å². The van der Waals surface area contributed by atoms with Crippen LogP contribution in [0.3, 0.4) is 0 Å². The van der Waals surface area contributed by atoms with Crippen LogP contribution >= 0.6 is 0 Å². The number of aryl methyl sites for hydroxylation is 1. The van der Waals surface area contributed by atoms with Crippen LogP contribution in [0.2, 0.25) is 0 Å².